The number of aryl methyl sites for hydroxylation is 1. The van der Waals surface area contributed by atoms with Gasteiger partial charge in [-0.05, 0) is 49.7 Å². The molecule has 4 aromatic rings. The number of fused-ring (bicyclic) bond motifs is 1. The smallest absolute Gasteiger partial charge is 0.259 e. The lowest BCUT2D eigenvalue weighted by Crippen LogP contribution is -2.58. The third-order valence-corrected chi connectivity index (χ3v) is 13.7. The number of amides is 3. The first-order chi connectivity index (χ1) is 26.9. The van der Waals surface area contributed by atoms with Gasteiger partial charge >= 0.3 is 0 Å². The van der Waals surface area contributed by atoms with Crippen LogP contribution < -0.4 is 24.8 Å². The van der Waals surface area contributed by atoms with Gasteiger partial charge in [-0.15, -0.1) is 17.9 Å². The Kier molecular flexibility index (Phi) is 10.6. The molecule has 3 aromatic heterocycles. The number of carbonyl (C=O) groups excluding carboxylic acids is 3. The number of nitrogens with zero attached hydrogens (tertiary/aromatic N) is 4. The molecule has 304 valence electrons. The molecule has 3 aliphatic rings. The van der Waals surface area contributed by atoms with Crippen molar-refractivity contribution in [1.82, 2.24) is 34.9 Å². The predicted molar refractivity (Wildman–Crippen MR) is 217 cm³/mol. The molecular weight excluding hydrogens is 769 g/mol. The highest BCUT2D eigenvalue weighted by atomic mass is 32.2. The van der Waals surface area contributed by atoms with Crippen molar-refractivity contribution in [2.24, 2.45) is 11.3 Å². The van der Waals surface area contributed by atoms with Crippen molar-refractivity contribution in [3.05, 3.63) is 59.9 Å². The number of rotatable bonds is 14. The minimum Gasteiger partial charge on any atom is -0.496 e. The first kappa shape index (κ1) is 40.2. The number of carbonyl (C=O) groups is 3. The number of hydrogen-bond acceptors (Lipinski definition) is 12. The maximum atomic E-state index is 14.7. The predicted octanol–water partition coefficient (Wildman–Crippen LogP) is 5.07. The van der Waals surface area contributed by atoms with Crippen molar-refractivity contribution < 1.29 is 32.3 Å². The Bertz CT molecular complexity index is 2320. The van der Waals surface area contributed by atoms with Crippen LogP contribution in [0.1, 0.15) is 77.5 Å². The van der Waals surface area contributed by atoms with Gasteiger partial charge in [-0.25, -0.2) is 23.4 Å². The number of aromatic nitrogens is 4. The normalized spacial score (nSPS) is 22.6. The average molecular weight is 819 g/mol. The number of likely N-dealkylation sites (tertiary alicyclic amines) is 1. The van der Waals surface area contributed by atoms with E-state index in [-0.39, 0.29) is 31.2 Å². The van der Waals surface area contributed by atoms with Gasteiger partial charge in [0.25, 0.3) is 5.91 Å². The van der Waals surface area contributed by atoms with E-state index in [9.17, 15) is 22.8 Å². The van der Waals surface area contributed by atoms with Crippen LogP contribution in [0.4, 0.5) is 5.95 Å². The van der Waals surface area contributed by atoms with Crippen LogP contribution >= 0.6 is 11.3 Å². The van der Waals surface area contributed by atoms with Crippen LogP contribution in [0.15, 0.2) is 48.6 Å². The van der Waals surface area contributed by atoms with Crippen molar-refractivity contribution in [3.63, 3.8) is 0 Å². The Morgan fingerprint density at radius 2 is 1.91 bits per heavy atom. The SMILES string of the molecule is C=C[C@@H]1C[C@]1(NC(=O)[C@@H]1C[C@@H](Oc2cc(-c3nc(C(C)C)cs3)nc3c(C)c(OC)ccc23)CN1C(=O)[C@@H](Nc1ncc[nH]1)C(C)(C)C)C(=O)NS(=O)(=O)C1CC1. The van der Waals surface area contributed by atoms with Crippen molar-refractivity contribution >= 4 is 55.9 Å². The molecule has 0 bridgehead atoms. The van der Waals surface area contributed by atoms with E-state index in [4.69, 9.17) is 19.4 Å². The molecule has 5 atom stereocenters. The number of aromatic amines is 1. The van der Waals surface area contributed by atoms with Crippen molar-refractivity contribution in [3.8, 4) is 22.2 Å². The summed E-state index contributed by atoms with van der Waals surface area (Å²) in [5.74, 6) is -0.520. The highest BCUT2D eigenvalue weighted by Crippen LogP contribution is 2.46. The van der Waals surface area contributed by atoms with Crippen LogP contribution in [-0.2, 0) is 24.4 Å². The maximum Gasteiger partial charge on any atom is 0.259 e. The fraction of sp³-hybridized carbons (Fsp3) is 0.500. The fourth-order valence-electron chi connectivity index (χ4n) is 7.35. The summed E-state index contributed by atoms with van der Waals surface area (Å²) in [5.41, 5.74) is 0.870. The number of anilines is 1. The lowest BCUT2D eigenvalue weighted by atomic mass is 9.85. The molecule has 57 heavy (non-hydrogen) atoms. The van der Waals surface area contributed by atoms with Crippen LogP contribution in [0.5, 0.6) is 11.5 Å². The van der Waals surface area contributed by atoms with E-state index in [1.165, 1.54) is 22.3 Å². The molecule has 3 amide bonds. The molecule has 2 saturated carbocycles. The number of hydrogen-bond donors (Lipinski definition) is 4. The van der Waals surface area contributed by atoms with Crippen LogP contribution in [0, 0.1) is 18.3 Å². The molecule has 3 fully saturated rings. The highest BCUT2D eigenvalue weighted by Gasteiger charge is 2.62. The summed E-state index contributed by atoms with van der Waals surface area (Å²) in [6.07, 6.45) is 5.26. The van der Waals surface area contributed by atoms with Gasteiger partial charge in [-0.1, -0.05) is 40.7 Å². The number of benzene rings is 1. The largest absolute Gasteiger partial charge is 0.496 e. The molecule has 1 aliphatic heterocycles. The molecule has 0 radical (unpaired) electrons. The molecular formula is C40H50N8O7S2. The van der Waals surface area contributed by atoms with Crippen LogP contribution in [0.3, 0.4) is 0 Å². The molecule has 1 saturated heterocycles. The molecule has 0 spiro atoms. The van der Waals surface area contributed by atoms with Crippen LogP contribution in [0.2, 0.25) is 0 Å². The van der Waals surface area contributed by atoms with Gasteiger partial charge in [-0.2, -0.15) is 0 Å². The molecule has 2 aliphatic carbocycles. The molecule has 1 aromatic carbocycles. The van der Waals surface area contributed by atoms with Crippen LogP contribution in [-0.4, -0.2) is 93.6 Å². The molecule has 15 nitrogen and oxygen atoms in total. The zero-order valence-electron chi connectivity index (χ0n) is 33.2. The van der Waals surface area contributed by atoms with E-state index >= 15 is 0 Å². The number of methoxy groups -OCH3 is 1. The van der Waals surface area contributed by atoms with Gasteiger partial charge in [-0.3, -0.25) is 19.1 Å². The molecule has 4 N–H and O–H groups in total. The monoisotopic (exact) mass is 818 g/mol. The first-order valence-electron chi connectivity index (χ1n) is 19.1. The Hall–Kier alpha value is -5.03. The van der Waals surface area contributed by atoms with Gasteiger partial charge < -0.3 is 30.0 Å². The number of H-pyrrole nitrogens is 1. The highest BCUT2D eigenvalue weighted by molar-refractivity contribution is 7.91. The number of ether oxygens (including phenoxy) is 2. The fourth-order valence-corrected chi connectivity index (χ4v) is 9.65. The Morgan fingerprint density at radius 1 is 1.16 bits per heavy atom. The van der Waals surface area contributed by atoms with Gasteiger partial charge in [0.1, 0.15) is 45.9 Å². The number of pyridine rings is 1. The molecule has 0 unspecified atom stereocenters. The topological polar surface area (TPSA) is 198 Å². The Morgan fingerprint density at radius 3 is 2.51 bits per heavy atom. The third-order valence-electron chi connectivity index (χ3n) is 11.0. The van der Waals surface area contributed by atoms with E-state index in [1.807, 2.05) is 51.3 Å². The molecule has 17 heteroatoms. The van der Waals surface area contributed by atoms with E-state index < -0.39 is 62.1 Å². The van der Waals surface area contributed by atoms with E-state index in [0.29, 0.717) is 41.5 Å². The lowest BCUT2D eigenvalue weighted by Gasteiger charge is -2.35. The van der Waals surface area contributed by atoms with Gasteiger partial charge in [0.2, 0.25) is 27.8 Å². The summed E-state index contributed by atoms with van der Waals surface area (Å²) in [5, 5.41) is 8.91. The Balaban J connectivity index is 1.24. The lowest BCUT2D eigenvalue weighted by molar-refractivity contribution is -0.141. The van der Waals surface area contributed by atoms with Crippen LogP contribution in [0.25, 0.3) is 21.6 Å². The number of imidazole rings is 1. The molecule has 4 heterocycles. The summed E-state index contributed by atoms with van der Waals surface area (Å²) < 4.78 is 40.2. The second kappa shape index (κ2) is 15.0. The quantitative estimate of drug-likeness (QED) is 0.124. The second-order valence-corrected chi connectivity index (χ2v) is 19.4. The zero-order valence-corrected chi connectivity index (χ0v) is 34.8. The standard InChI is InChI=1S/C40H50N8O7S2/c1-9-23-18-40(23,37(51)47-57(52,53)25-10-11-25)46-34(49)29-16-24(19-48(29)36(50)33(39(5,6)7)45-38-41-14-15-42-38)55-31-17-27(35-44-28(20-56-35)21(2)3)43-32-22(4)30(54-8)13-12-26(31)32/h9,12-15,17,20-21,23-25,29,33H,1,10-11,16,18-19H2,2-8H3,(H,46,49)(H,47,51)(H2,41,42,45)/t23-,24-,29+,33-,40-/m1/s1. The zero-order chi connectivity index (χ0) is 41.0. The second-order valence-electron chi connectivity index (χ2n) is 16.6. The number of sulfonamides is 1. The molecule has 7 rings (SSSR count). The summed E-state index contributed by atoms with van der Waals surface area (Å²) in [6.45, 7) is 15.7. The van der Waals surface area contributed by atoms with Crippen molar-refractivity contribution in [1.29, 1.82) is 0 Å². The average Bonchev–Trinajstić information content (AvgIpc) is 3.92. The van der Waals surface area contributed by atoms with E-state index in [1.54, 1.807) is 19.5 Å². The maximum absolute atomic E-state index is 14.7. The summed E-state index contributed by atoms with van der Waals surface area (Å²) in [7, 11) is -2.29. The summed E-state index contributed by atoms with van der Waals surface area (Å²) in [6, 6.07) is 3.65. The van der Waals surface area contributed by atoms with Crippen molar-refractivity contribution in [2.75, 3.05) is 19.0 Å². The number of nitrogens with one attached hydrogen (secondary N) is 4. The first-order valence-corrected chi connectivity index (χ1v) is 21.6. The van der Waals surface area contributed by atoms with E-state index in [0.717, 1.165) is 21.7 Å². The minimum absolute atomic E-state index is 0.0342. The van der Waals surface area contributed by atoms with Crippen molar-refractivity contribution in [2.45, 2.75) is 102 Å². The van der Waals surface area contributed by atoms with Gasteiger partial charge in [0.15, 0.2) is 0 Å². The summed E-state index contributed by atoms with van der Waals surface area (Å²) >= 11 is 1.49. The Labute approximate surface area is 336 Å². The summed E-state index contributed by atoms with van der Waals surface area (Å²) in [4.78, 5) is 61.5. The number of thiazole rings is 1. The van der Waals surface area contributed by atoms with Gasteiger partial charge in [0.05, 0.1) is 30.1 Å². The van der Waals surface area contributed by atoms with Gasteiger partial charge in [0, 0.05) is 47.1 Å². The van der Waals surface area contributed by atoms with E-state index in [2.05, 4.69) is 45.8 Å². The third kappa shape index (κ3) is 7.95. The minimum atomic E-state index is -3.89.